The minimum Gasteiger partial charge on any atom is -0.307 e. The average Bonchev–Trinajstić information content (AvgIpc) is 3.00. The molecule has 1 saturated carbocycles. The van der Waals surface area contributed by atoms with Gasteiger partial charge in [-0.25, -0.2) is 0 Å². The van der Waals surface area contributed by atoms with Gasteiger partial charge in [0.15, 0.2) is 0 Å². The van der Waals surface area contributed by atoms with Gasteiger partial charge in [0.1, 0.15) is 0 Å². The highest BCUT2D eigenvalue weighted by Gasteiger charge is 1.95. The van der Waals surface area contributed by atoms with E-state index < -0.39 is 0 Å². The van der Waals surface area contributed by atoms with Crippen LogP contribution in [0.5, 0.6) is 0 Å². The quantitative estimate of drug-likeness (QED) is 0.610. The molecule has 0 aromatic rings. The molecule has 1 fully saturated rings. The van der Waals surface area contributed by atoms with Crippen LogP contribution in [0.1, 0.15) is 86.5 Å². The zero-order valence-electron chi connectivity index (χ0n) is 13.8. The number of hydrogen-bond donors (Lipinski definition) is 0. The molecule has 0 aromatic heterocycles. The summed E-state index contributed by atoms with van der Waals surface area (Å²) in [6.45, 7) is 14.9. The van der Waals surface area contributed by atoms with E-state index in [9.17, 15) is 0 Å². The van der Waals surface area contributed by atoms with Gasteiger partial charge in [0.05, 0.1) is 0 Å². The molecule has 1 heteroatoms. The lowest BCUT2D eigenvalue weighted by molar-refractivity contribution is 0.346. The van der Waals surface area contributed by atoms with Gasteiger partial charge in [-0.05, 0) is 26.6 Å². The first kappa shape index (κ1) is 22.2. The van der Waals surface area contributed by atoms with E-state index in [0.29, 0.717) is 0 Å². The van der Waals surface area contributed by atoms with Crippen molar-refractivity contribution >= 4 is 0 Å². The summed E-state index contributed by atoms with van der Waals surface area (Å²) >= 11 is 0. The van der Waals surface area contributed by atoms with E-state index >= 15 is 0 Å². The Morgan fingerprint density at radius 1 is 0.765 bits per heavy atom. The predicted molar refractivity (Wildman–Crippen MR) is 83.9 cm³/mol. The zero-order valence-corrected chi connectivity index (χ0v) is 13.8. The standard InChI is InChI=1S/C7H17N.C5H10.2C2H6/c1-4-6-7-8(3)5-2;1-2-4-5-3-1;2*1-2/h4-7H2,1-3H3;1-5H2;2*1-2H3. The fourth-order valence-electron chi connectivity index (χ4n) is 1.47. The first-order chi connectivity index (χ1) is 8.31. The summed E-state index contributed by atoms with van der Waals surface area (Å²) < 4.78 is 0. The highest BCUT2D eigenvalue weighted by Crippen LogP contribution is 2.15. The van der Waals surface area contributed by atoms with Crippen molar-refractivity contribution < 1.29 is 0 Å². The molecule has 1 aliphatic rings. The van der Waals surface area contributed by atoms with Crippen molar-refractivity contribution in [2.45, 2.75) is 86.5 Å². The first-order valence-corrected chi connectivity index (χ1v) is 7.99. The maximum atomic E-state index is 2.34. The molecule has 0 saturated heterocycles. The van der Waals surface area contributed by atoms with Gasteiger partial charge in [-0.2, -0.15) is 0 Å². The van der Waals surface area contributed by atoms with Crippen LogP contribution in [0, 0.1) is 0 Å². The number of rotatable bonds is 4. The molecule has 0 N–H and O–H groups in total. The second kappa shape index (κ2) is 25.0. The van der Waals surface area contributed by atoms with Crippen molar-refractivity contribution in [2.24, 2.45) is 0 Å². The molecule has 0 bridgehead atoms. The van der Waals surface area contributed by atoms with E-state index in [1.807, 2.05) is 27.7 Å². The number of unbranched alkanes of at least 4 members (excludes halogenated alkanes) is 1. The van der Waals surface area contributed by atoms with E-state index in [-0.39, 0.29) is 0 Å². The second-order valence-corrected chi connectivity index (χ2v) is 4.02. The fourth-order valence-corrected chi connectivity index (χ4v) is 1.47. The van der Waals surface area contributed by atoms with Crippen molar-refractivity contribution in [3.05, 3.63) is 0 Å². The molecule has 17 heavy (non-hydrogen) atoms. The van der Waals surface area contributed by atoms with Gasteiger partial charge in [-0.1, -0.05) is 80.1 Å². The lowest BCUT2D eigenvalue weighted by Gasteiger charge is -2.11. The van der Waals surface area contributed by atoms with Crippen LogP contribution in [-0.2, 0) is 0 Å². The summed E-state index contributed by atoms with van der Waals surface area (Å²) in [6.07, 6.45) is 10.1. The van der Waals surface area contributed by atoms with Gasteiger partial charge < -0.3 is 4.90 Å². The summed E-state index contributed by atoms with van der Waals surface area (Å²) in [7, 11) is 2.16. The Balaban J connectivity index is -0.000000186. The molecule has 0 amide bonds. The molecule has 1 aliphatic carbocycles. The van der Waals surface area contributed by atoms with E-state index in [1.54, 1.807) is 0 Å². The van der Waals surface area contributed by atoms with Crippen LogP contribution in [0.2, 0.25) is 0 Å². The maximum absolute atomic E-state index is 2.34. The first-order valence-electron chi connectivity index (χ1n) is 7.99. The van der Waals surface area contributed by atoms with Gasteiger partial charge >= 0.3 is 0 Å². The van der Waals surface area contributed by atoms with Crippen LogP contribution < -0.4 is 0 Å². The Bertz CT molecular complexity index is 79.9. The molecule has 108 valence electrons. The second-order valence-electron chi connectivity index (χ2n) is 4.02. The highest BCUT2D eigenvalue weighted by atomic mass is 15.1. The van der Waals surface area contributed by atoms with Gasteiger partial charge in [-0.3, -0.25) is 0 Å². The monoisotopic (exact) mass is 245 g/mol. The van der Waals surface area contributed by atoms with Gasteiger partial charge in [-0.15, -0.1) is 0 Å². The Hall–Kier alpha value is -0.0400. The Morgan fingerprint density at radius 3 is 1.35 bits per heavy atom. The average molecular weight is 245 g/mol. The third-order valence-corrected chi connectivity index (χ3v) is 2.68. The molecule has 0 aromatic carbocycles. The number of nitrogens with zero attached hydrogens (tertiary/aromatic N) is 1. The van der Waals surface area contributed by atoms with Gasteiger partial charge in [0, 0.05) is 0 Å². The third kappa shape index (κ3) is 25.9. The van der Waals surface area contributed by atoms with Crippen molar-refractivity contribution in [2.75, 3.05) is 20.1 Å². The Labute approximate surface area is 112 Å². The molecule has 0 aliphatic heterocycles. The Morgan fingerprint density at radius 2 is 1.12 bits per heavy atom. The number of hydrogen-bond acceptors (Lipinski definition) is 1. The van der Waals surface area contributed by atoms with E-state index in [2.05, 4.69) is 25.8 Å². The lowest BCUT2D eigenvalue weighted by atomic mass is 10.3. The summed E-state index contributed by atoms with van der Waals surface area (Å²) in [5.41, 5.74) is 0. The molecule has 1 nitrogen and oxygen atoms in total. The van der Waals surface area contributed by atoms with Crippen molar-refractivity contribution in [3.63, 3.8) is 0 Å². The minimum atomic E-state index is 1.18. The Kier molecular flexibility index (Phi) is 32.6. The van der Waals surface area contributed by atoms with Crippen LogP contribution in [0.3, 0.4) is 0 Å². The van der Waals surface area contributed by atoms with Crippen molar-refractivity contribution in [1.82, 2.24) is 4.90 Å². The summed E-state index contributed by atoms with van der Waals surface area (Å²) in [5, 5.41) is 0. The smallest absolute Gasteiger partial charge is 0.00220 e. The van der Waals surface area contributed by atoms with E-state index in [0.717, 1.165) is 0 Å². The van der Waals surface area contributed by atoms with Gasteiger partial charge in [0.2, 0.25) is 0 Å². The largest absolute Gasteiger partial charge is 0.307 e. The molecular formula is C16H39N. The van der Waals surface area contributed by atoms with E-state index in [4.69, 9.17) is 0 Å². The highest BCUT2D eigenvalue weighted by molar-refractivity contribution is 4.51. The molecule has 0 unspecified atom stereocenters. The van der Waals surface area contributed by atoms with Crippen LogP contribution in [-0.4, -0.2) is 25.0 Å². The van der Waals surface area contributed by atoms with Crippen molar-refractivity contribution in [3.8, 4) is 0 Å². The molecule has 0 spiro atoms. The SMILES string of the molecule is C1CCCC1.CC.CC.CCCCN(C)CC. The molecular weight excluding hydrogens is 206 g/mol. The van der Waals surface area contributed by atoms with Crippen LogP contribution in [0.25, 0.3) is 0 Å². The summed E-state index contributed by atoms with van der Waals surface area (Å²) in [4.78, 5) is 2.34. The van der Waals surface area contributed by atoms with Crippen LogP contribution >= 0.6 is 0 Å². The minimum absolute atomic E-state index is 1.18. The van der Waals surface area contributed by atoms with E-state index in [1.165, 1.54) is 58.0 Å². The molecule has 0 heterocycles. The van der Waals surface area contributed by atoms with Crippen LogP contribution in [0.15, 0.2) is 0 Å². The van der Waals surface area contributed by atoms with Gasteiger partial charge in [0.25, 0.3) is 0 Å². The summed E-state index contributed by atoms with van der Waals surface area (Å²) in [6, 6.07) is 0. The predicted octanol–water partition coefficient (Wildman–Crippen LogP) is 5.74. The fraction of sp³-hybridized carbons (Fsp3) is 1.00. The molecule has 1 rings (SSSR count). The maximum Gasteiger partial charge on any atom is -0.00220 e. The lowest BCUT2D eigenvalue weighted by Crippen LogP contribution is -2.18. The molecule has 0 atom stereocenters. The zero-order chi connectivity index (χ0) is 13.9. The van der Waals surface area contributed by atoms with Crippen LogP contribution in [0.4, 0.5) is 0 Å². The molecule has 0 radical (unpaired) electrons. The van der Waals surface area contributed by atoms with Crippen molar-refractivity contribution in [1.29, 1.82) is 0 Å². The summed E-state index contributed by atoms with van der Waals surface area (Å²) in [5.74, 6) is 0. The normalized spacial score (nSPS) is 12.7. The third-order valence-electron chi connectivity index (χ3n) is 2.68. The topological polar surface area (TPSA) is 3.24 Å².